The maximum atomic E-state index is 12.7. The first-order valence-corrected chi connectivity index (χ1v) is 9.67. The van der Waals surface area contributed by atoms with Crippen molar-refractivity contribution in [2.24, 2.45) is 5.92 Å². The molecule has 0 aliphatic carbocycles. The largest absolute Gasteiger partial charge is 0.378 e. The molecular weight excluding hydrogens is 360 g/mol. The van der Waals surface area contributed by atoms with E-state index in [1.54, 1.807) is 40.3 Å². The third-order valence-electron chi connectivity index (χ3n) is 5.23. The van der Waals surface area contributed by atoms with Crippen molar-refractivity contribution < 1.29 is 14.3 Å². The summed E-state index contributed by atoms with van der Waals surface area (Å²) in [5.41, 5.74) is 1.03. The summed E-state index contributed by atoms with van der Waals surface area (Å²) in [6.45, 7) is 4.36. The molecule has 148 valence electrons. The van der Waals surface area contributed by atoms with Crippen LogP contribution in [0.25, 0.3) is 0 Å². The number of carbonyl (C=O) groups is 2. The molecule has 4 rings (SSSR count). The van der Waals surface area contributed by atoms with Gasteiger partial charge in [-0.25, -0.2) is 0 Å². The van der Waals surface area contributed by atoms with Gasteiger partial charge in [-0.2, -0.15) is 0 Å². The Kier molecular flexibility index (Phi) is 5.61. The molecule has 0 bridgehead atoms. The van der Waals surface area contributed by atoms with Crippen LogP contribution in [0.4, 0.5) is 0 Å². The van der Waals surface area contributed by atoms with Crippen molar-refractivity contribution in [1.29, 1.82) is 0 Å². The Balaban J connectivity index is 1.36. The first kappa shape index (κ1) is 18.5. The smallest absolute Gasteiger partial charge is 0.276 e. The van der Waals surface area contributed by atoms with Crippen LogP contribution in [0.5, 0.6) is 0 Å². The number of likely N-dealkylation sites (tertiary alicyclic amines) is 1. The van der Waals surface area contributed by atoms with Crippen LogP contribution in [0.15, 0.2) is 30.7 Å². The lowest BCUT2D eigenvalue weighted by molar-refractivity contribution is 0.0299. The molecule has 0 aromatic carbocycles. The molecule has 1 atom stereocenters. The average molecular weight is 384 g/mol. The Labute approximate surface area is 163 Å². The van der Waals surface area contributed by atoms with E-state index < -0.39 is 0 Å². The van der Waals surface area contributed by atoms with Crippen LogP contribution in [-0.2, 0) is 11.3 Å². The predicted molar refractivity (Wildman–Crippen MR) is 99.6 cm³/mol. The van der Waals surface area contributed by atoms with Gasteiger partial charge in [-0.05, 0) is 30.9 Å². The number of carbonyl (C=O) groups excluding carboxylic acids is 2. The van der Waals surface area contributed by atoms with Gasteiger partial charge in [0.1, 0.15) is 0 Å². The minimum Gasteiger partial charge on any atom is -0.378 e. The number of rotatable bonds is 4. The number of hydrogen-bond acceptors (Lipinski definition) is 6. The van der Waals surface area contributed by atoms with Crippen LogP contribution < -0.4 is 0 Å². The summed E-state index contributed by atoms with van der Waals surface area (Å²) in [5.74, 6) is 0.217. The highest BCUT2D eigenvalue weighted by Crippen LogP contribution is 2.20. The van der Waals surface area contributed by atoms with E-state index in [0.29, 0.717) is 50.7 Å². The van der Waals surface area contributed by atoms with Crippen molar-refractivity contribution in [3.63, 3.8) is 0 Å². The van der Waals surface area contributed by atoms with Gasteiger partial charge in [0, 0.05) is 50.7 Å². The summed E-state index contributed by atoms with van der Waals surface area (Å²) in [4.78, 5) is 32.8. The van der Waals surface area contributed by atoms with Gasteiger partial charge in [-0.3, -0.25) is 19.3 Å². The Morgan fingerprint density at radius 2 is 1.86 bits per heavy atom. The van der Waals surface area contributed by atoms with E-state index in [4.69, 9.17) is 4.74 Å². The number of piperidine rings is 1. The molecule has 28 heavy (non-hydrogen) atoms. The molecule has 9 heteroatoms. The molecule has 2 aromatic rings. The average Bonchev–Trinajstić information content (AvgIpc) is 3.22. The van der Waals surface area contributed by atoms with Gasteiger partial charge in [-0.15, -0.1) is 5.10 Å². The topological polar surface area (TPSA) is 93.5 Å². The molecule has 0 spiro atoms. The predicted octanol–water partition coefficient (Wildman–Crippen LogP) is 0.698. The monoisotopic (exact) mass is 384 g/mol. The molecule has 2 fully saturated rings. The molecule has 2 aliphatic rings. The van der Waals surface area contributed by atoms with Gasteiger partial charge in [0.05, 0.1) is 19.4 Å². The number of ether oxygens (including phenoxy) is 1. The second kappa shape index (κ2) is 8.47. The van der Waals surface area contributed by atoms with E-state index in [-0.39, 0.29) is 17.7 Å². The zero-order valence-electron chi connectivity index (χ0n) is 15.7. The fourth-order valence-corrected chi connectivity index (χ4v) is 3.75. The van der Waals surface area contributed by atoms with Crippen LogP contribution >= 0.6 is 0 Å². The highest BCUT2D eigenvalue weighted by atomic mass is 16.5. The van der Waals surface area contributed by atoms with E-state index >= 15 is 0 Å². The lowest BCUT2D eigenvalue weighted by Gasteiger charge is -2.32. The van der Waals surface area contributed by atoms with Crippen molar-refractivity contribution in [3.8, 4) is 0 Å². The number of morpholine rings is 1. The van der Waals surface area contributed by atoms with Gasteiger partial charge in [-0.1, -0.05) is 5.21 Å². The fourth-order valence-electron chi connectivity index (χ4n) is 3.75. The molecular formula is C19H24N6O3. The minimum atomic E-state index is -0.104. The third-order valence-corrected chi connectivity index (χ3v) is 5.23. The molecule has 0 saturated carbocycles. The van der Waals surface area contributed by atoms with E-state index in [2.05, 4.69) is 15.3 Å². The number of pyridine rings is 1. The number of hydrogen-bond donors (Lipinski definition) is 0. The van der Waals surface area contributed by atoms with Crippen LogP contribution in [0, 0.1) is 5.92 Å². The number of amides is 2. The normalized spacial score (nSPS) is 20.2. The first-order chi connectivity index (χ1) is 13.7. The summed E-state index contributed by atoms with van der Waals surface area (Å²) in [5, 5.41) is 8.18. The molecule has 0 unspecified atom stereocenters. The minimum absolute atomic E-state index is 0.0360. The Morgan fingerprint density at radius 1 is 1.07 bits per heavy atom. The SMILES string of the molecule is O=C(c1ccncc1)N1CCC[C@H](Cn2cc(C(=O)N3CCOCC3)nn2)C1. The third kappa shape index (κ3) is 4.19. The van der Waals surface area contributed by atoms with Gasteiger partial charge in [0.25, 0.3) is 11.8 Å². The lowest BCUT2D eigenvalue weighted by Crippen LogP contribution is -2.41. The van der Waals surface area contributed by atoms with E-state index in [0.717, 1.165) is 19.4 Å². The molecule has 0 radical (unpaired) electrons. The molecule has 4 heterocycles. The molecule has 2 saturated heterocycles. The molecule has 2 aliphatic heterocycles. The van der Waals surface area contributed by atoms with E-state index in [1.807, 2.05) is 4.90 Å². The second-order valence-corrected chi connectivity index (χ2v) is 7.23. The first-order valence-electron chi connectivity index (χ1n) is 9.67. The van der Waals surface area contributed by atoms with E-state index in [1.165, 1.54) is 0 Å². The van der Waals surface area contributed by atoms with Crippen LogP contribution in [0.1, 0.15) is 33.7 Å². The molecule has 9 nitrogen and oxygen atoms in total. The van der Waals surface area contributed by atoms with Crippen molar-refractivity contribution in [2.45, 2.75) is 19.4 Å². The summed E-state index contributed by atoms with van der Waals surface area (Å²) < 4.78 is 7.00. The van der Waals surface area contributed by atoms with E-state index in [9.17, 15) is 9.59 Å². The Hall–Kier alpha value is -2.81. The summed E-state index contributed by atoms with van der Waals surface area (Å²) in [6.07, 6.45) is 6.96. The Bertz CT molecular complexity index is 818. The van der Waals surface area contributed by atoms with Crippen molar-refractivity contribution in [2.75, 3.05) is 39.4 Å². The maximum absolute atomic E-state index is 12.7. The molecule has 2 aromatic heterocycles. The van der Waals surface area contributed by atoms with Gasteiger partial charge >= 0.3 is 0 Å². The van der Waals surface area contributed by atoms with Gasteiger partial charge in [0.15, 0.2) is 5.69 Å². The zero-order valence-corrected chi connectivity index (χ0v) is 15.7. The highest BCUT2D eigenvalue weighted by molar-refractivity contribution is 5.94. The van der Waals surface area contributed by atoms with Gasteiger partial charge < -0.3 is 14.5 Å². The second-order valence-electron chi connectivity index (χ2n) is 7.23. The molecule has 0 N–H and O–H groups in total. The fraction of sp³-hybridized carbons (Fsp3) is 0.526. The standard InChI is InChI=1S/C19H24N6O3/c26-18(16-3-5-20-6-4-16)24-7-1-2-15(12-24)13-25-14-17(21-22-25)19(27)23-8-10-28-11-9-23/h3-6,14-15H,1-2,7-13H2/t15-/m0/s1. The number of aromatic nitrogens is 4. The van der Waals surface area contributed by atoms with Crippen LogP contribution in [0.3, 0.4) is 0 Å². The summed E-state index contributed by atoms with van der Waals surface area (Å²) in [7, 11) is 0. The maximum Gasteiger partial charge on any atom is 0.276 e. The summed E-state index contributed by atoms with van der Waals surface area (Å²) >= 11 is 0. The Morgan fingerprint density at radius 3 is 2.64 bits per heavy atom. The van der Waals surface area contributed by atoms with Gasteiger partial charge in [0.2, 0.25) is 0 Å². The highest BCUT2D eigenvalue weighted by Gasteiger charge is 2.26. The van der Waals surface area contributed by atoms with Crippen molar-refractivity contribution in [1.82, 2.24) is 29.8 Å². The van der Waals surface area contributed by atoms with Crippen LogP contribution in [-0.4, -0.2) is 81.0 Å². The van der Waals surface area contributed by atoms with Crippen molar-refractivity contribution >= 4 is 11.8 Å². The van der Waals surface area contributed by atoms with Crippen molar-refractivity contribution in [3.05, 3.63) is 42.0 Å². The zero-order chi connectivity index (χ0) is 19.3. The number of nitrogens with zero attached hydrogens (tertiary/aromatic N) is 6. The molecule has 2 amide bonds. The summed E-state index contributed by atoms with van der Waals surface area (Å²) in [6, 6.07) is 3.49. The quantitative estimate of drug-likeness (QED) is 0.770. The van der Waals surface area contributed by atoms with Crippen LogP contribution in [0.2, 0.25) is 0 Å². The lowest BCUT2D eigenvalue weighted by atomic mass is 9.97.